The molecule has 1 aliphatic rings. The molecular weight excluding hydrogens is 386 g/mol. The van der Waals surface area contributed by atoms with Crippen LogP contribution in [0.3, 0.4) is 0 Å². The molecule has 0 bridgehead atoms. The number of fused-ring (bicyclic) bond motifs is 1. The van der Waals surface area contributed by atoms with Crippen molar-refractivity contribution in [3.8, 4) is 11.5 Å². The quantitative estimate of drug-likeness (QED) is 0.661. The molecule has 2 heterocycles. The van der Waals surface area contributed by atoms with E-state index < -0.39 is 10.0 Å². The van der Waals surface area contributed by atoms with Gasteiger partial charge in [0.2, 0.25) is 10.0 Å². The van der Waals surface area contributed by atoms with Crippen LogP contribution in [0.5, 0.6) is 11.5 Å². The molecule has 0 amide bonds. The molecule has 29 heavy (non-hydrogen) atoms. The van der Waals surface area contributed by atoms with Crippen LogP contribution in [-0.2, 0) is 23.0 Å². The van der Waals surface area contributed by atoms with Gasteiger partial charge in [-0.3, -0.25) is 9.71 Å². The molecule has 150 valence electrons. The van der Waals surface area contributed by atoms with E-state index in [-0.39, 0.29) is 0 Å². The number of sulfonamides is 1. The van der Waals surface area contributed by atoms with Crippen molar-refractivity contribution in [2.45, 2.75) is 19.4 Å². The van der Waals surface area contributed by atoms with Crippen LogP contribution in [0.4, 0.5) is 11.4 Å². The summed E-state index contributed by atoms with van der Waals surface area (Å²) in [5, 5.41) is 0. The van der Waals surface area contributed by atoms with E-state index in [1.54, 1.807) is 12.4 Å². The van der Waals surface area contributed by atoms with Crippen LogP contribution in [0.2, 0.25) is 0 Å². The first-order chi connectivity index (χ1) is 14.0. The Morgan fingerprint density at radius 2 is 1.97 bits per heavy atom. The van der Waals surface area contributed by atoms with E-state index in [0.29, 0.717) is 18.0 Å². The summed E-state index contributed by atoms with van der Waals surface area (Å²) in [5.74, 6) is 1.48. The monoisotopic (exact) mass is 409 g/mol. The number of hydrogen-bond donors (Lipinski definition) is 1. The van der Waals surface area contributed by atoms with Crippen molar-refractivity contribution in [3.05, 3.63) is 78.1 Å². The van der Waals surface area contributed by atoms with Gasteiger partial charge in [0.05, 0.1) is 18.1 Å². The van der Waals surface area contributed by atoms with Gasteiger partial charge in [0.1, 0.15) is 11.5 Å². The van der Waals surface area contributed by atoms with Crippen LogP contribution in [0, 0.1) is 0 Å². The molecule has 0 saturated heterocycles. The Hall–Kier alpha value is -3.06. The Labute approximate surface area is 171 Å². The Morgan fingerprint density at radius 3 is 2.76 bits per heavy atom. The van der Waals surface area contributed by atoms with Gasteiger partial charge < -0.3 is 9.64 Å². The fourth-order valence-corrected chi connectivity index (χ4v) is 4.23. The van der Waals surface area contributed by atoms with Crippen molar-refractivity contribution in [3.63, 3.8) is 0 Å². The number of para-hydroxylation sites is 1. The molecule has 7 heteroatoms. The smallest absolute Gasteiger partial charge is 0.229 e. The zero-order chi connectivity index (χ0) is 20.3. The molecule has 6 nitrogen and oxygen atoms in total. The minimum Gasteiger partial charge on any atom is -0.455 e. The highest BCUT2D eigenvalue weighted by Crippen LogP contribution is 2.35. The third-order valence-electron chi connectivity index (χ3n) is 4.84. The summed E-state index contributed by atoms with van der Waals surface area (Å²) in [6.07, 6.45) is 6.39. The van der Waals surface area contributed by atoms with Crippen LogP contribution >= 0.6 is 0 Å². The van der Waals surface area contributed by atoms with Gasteiger partial charge in [0.15, 0.2) is 0 Å². The number of pyridine rings is 1. The fraction of sp³-hybridized carbons (Fsp3) is 0.227. The van der Waals surface area contributed by atoms with Crippen molar-refractivity contribution >= 4 is 21.4 Å². The Bertz CT molecular complexity index is 1100. The first-order valence-electron chi connectivity index (χ1n) is 9.50. The maximum atomic E-state index is 11.7. The maximum Gasteiger partial charge on any atom is 0.229 e. The summed E-state index contributed by atoms with van der Waals surface area (Å²) < 4.78 is 32.2. The van der Waals surface area contributed by atoms with Gasteiger partial charge in [0, 0.05) is 30.5 Å². The van der Waals surface area contributed by atoms with Gasteiger partial charge in [-0.15, -0.1) is 0 Å². The molecule has 0 saturated carbocycles. The van der Waals surface area contributed by atoms with Crippen LogP contribution < -0.4 is 14.4 Å². The molecule has 3 aromatic rings. The van der Waals surface area contributed by atoms with E-state index in [4.69, 9.17) is 4.74 Å². The van der Waals surface area contributed by atoms with E-state index in [0.717, 1.165) is 42.0 Å². The second-order valence-corrected chi connectivity index (χ2v) is 8.85. The van der Waals surface area contributed by atoms with Crippen molar-refractivity contribution in [1.29, 1.82) is 0 Å². The second kappa shape index (κ2) is 8.13. The average Bonchev–Trinajstić information content (AvgIpc) is 2.70. The van der Waals surface area contributed by atoms with E-state index in [1.165, 1.54) is 6.26 Å². The molecule has 1 aromatic heterocycles. The number of benzene rings is 2. The molecule has 0 fully saturated rings. The lowest BCUT2D eigenvalue weighted by Crippen LogP contribution is -2.29. The minimum absolute atomic E-state index is 0.662. The second-order valence-electron chi connectivity index (χ2n) is 7.10. The normalized spacial score (nSPS) is 13.6. The number of nitrogens with zero attached hydrogens (tertiary/aromatic N) is 2. The van der Waals surface area contributed by atoms with Crippen molar-refractivity contribution in [2.24, 2.45) is 0 Å². The van der Waals surface area contributed by atoms with Gasteiger partial charge in [-0.1, -0.05) is 24.3 Å². The summed E-state index contributed by atoms with van der Waals surface area (Å²) in [4.78, 5) is 6.38. The molecular formula is C22H23N3O3S. The summed E-state index contributed by atoms with van der Waals surface area (Å²) in [5.41, 5.74) is 3.82. The minimum atomic E-state index is -3.32. The molecule has 0 radical (unpaired) electrons. The lowest BCUT2D eigenvalue weighted by Gasteiger charge is -2.33. The fourth-order valence-electron chi connectivity index (χ4n) is 3.63. The SMILES string of the molecule is CS(=O)(=O)Nc1cccc2c1CCCN2Cc1ccccc1Oc1cccnc1. The highest BCUT2D eigenvalue weighted by molar-refractivity contribution is 7.92. The summed E-state index contributed by atoms with van der Waals surface area (Å²) in [6, 6.07) is 17.4. The Balaban J connectivity index is 1.62. The van der Waals surface area contributed by atoms with E-state index in [2.05, 4.69) is 20.7 Å². The molecule has 1 N–H and O–H groups in total. The van der Waals surface area contributed by atoms with Gasteiger partial charge in [-0.25, -0.2) is 8.42 Å². The van der Waals surface area contributed by atoms with Gasteiger partial charge in [0.25, 0.3) is 0 Å². The predicted octanol–water partition coefficient (Wildman–Crippen LogP) is 4.20. The van der Waals surface area contributed by atoms with Crippen LogP contribution in [0.15, 0.2) is 67.0 Å². The van der Waals surface area contributed by atoms with E-state index in [9.17, 15) is 8.42 Å². The van der Waals surface area contributed by atoms with Crippen LogP contribution in [0.25, 0.3) is 0 Å². The number of rotatable bonds is 6. The Kier molecular flexibility index (Phi) is 5.40. The first kappa shape index (κ1) is 19.3. The molecule has 4 rings (SSSR count). The number of aromatic nitrogens is 1. The molecule has 0 aliphatic carbocycles. The average molecular weight is 410 g/mol. The molecule has 0 atom stereocenters. The number of nitrogens with one attached hydrogen (secondary N) is 1. The van der Waals surface area contributed by atoms with Crippen molar-refractivity contribution in [1.82, 2.24) is 4.98 Å². The number of ether oxygens (including phenoxy) is 1. The molecule has 0 unspecified atom stereocenters. The van der Waals surface area contributed by atoms with Crippen molar-refractivity contribution in [2.75, 3.05) is 22.4 Å². The lowest BCUT2D eigenvalue weighted by atomic mass is 9.99. The lowest BCUT2D eigenvalue weighted by molar-refractivity contribution is 0.472. The largest absolute Gasteiger partial charge is 0.455 e. The van der Waals surface area contributed by atoms with Gasteiger partial charge in [-0.05, 0) is 48.7 Å². The number of anilines is 2. The summed E-state index contributed by atoms with van der Waals surface area (Å²) in [6.45, 7) is 1.57. The highest BCUT2D eigenvalue weighted by atomic mass is 32.2. The number of hydrogen-bond acceptors (Lipinski definition) is 5. The zero-order valence-electron chi connectivity index (χ0n) is 16.2. The highest BCUT2D eigenvalue weighted by Gasteiger charge is 2.21. The zero-order valence-corrected chi connectivity index (χ0v) is 17.0. The van der Waals surface area contributed by atoms with Crippen molar-refractivity contribution < 1.29 is 13.2 Å². The summed E-state index contributed by atoms with van der Waals surface area (Å²) in [7, 11) is -3.32. The molecule has 2 aromatic carbocycles. The van der Waals surface area contributed by atoms with E-state index >= 15 is 0 Å². The van der Waals surface area contributed by atoms with Crippen LogP contribution in [0.1, 0.15) is 17.5 Å². The van der Waals surface area contributed by atoms with Crippen LogP contribution in [-0.4, -0.2) is 26.2 Å². The molecule has 1 aliphatic heterocycles. The molecule has 0 spiro atoms. The first-order valence-corrected chi connectivity index (χ1v) is 11.4. The maximum absolute atomic E-state index is 11.7. The standard InChI is InChI=1S/C22H23N3O3S/c1-29(26,27)24-20-10-4-11-21-19(20)9-6-14-25(21)16-17-7-2-3-12-22(17)28-18-8-5-13-23-15-18/h2-5,7-8,10-13,15,24H,6,9,14,16H2,1H3. The predicted molar refractivity (Wildman–Crippen MR) is 115 cm³/mol. The topological polar surface area (TPSA) is 71.5 Å². The Morgan fingerprint density at radius 1 is 1.10 bits per heavy atom. The van der Waals surface area contributed by atoms with E-state index in [1.807, 2.05) is 48.5 Å². The third-order valence-corrected chi connectivity index (χ3v) is 5.43. The van der Waals surface area contributed by atoms with Gasteiger partial charge >= 0.3 is 0 Å². The summed E-state index contributed by atoms with van der Waals surface area (Å²) >= 11 is 0. The van der Waals surface area contributed by atoms with Gasteiger partial charge in [-0.2, -0.15) is 0 Å². The third kappa shape index (κ3) is 4.68.